The third-order valence-electron chi connectivity index (χ3n) is 5.35. The summed E-state index contributed by atoms with van der Waals surface area (Å²) in [5, 5.41) is 15.1. The van der Waals surface area contributed by atoms with Crippen LogP contribution in [0.5, 0.6) is 11.5 Å². The quantitative estimate of drug-likeness (QED) is 0.500. The third kappa shape index (κ3) is 2.41. The van der Waals surface area contributed by atoms with E-state index >= 15 is 0 Å². The lowest BCUT2D eigenvalue weighted by Gasteiger charge is -2.38. The fourth-order valence-corrected chi connectivity index (χ4v) is 4.22. The van der Waals surface area contributed by atoms with Gasteiger partial charge in [0, 0.05) is 17.5 Å². The van der Waals surface area contributed by atoms with Crippen LogP contribution >= 0.6 is 0 Å². The predicted molar refractivity (Wildman–Crippen MR) is 99.0 cm³/mol. The van der Waals surface area contributed by atoms with Gasteiger partial charge < -0.3 is 14.8 Å². The van der Waals surface area contributed by atoms with Crippen molar-refractivity contribution in [2.45, 2.75) is 18.4 Å². The number of anilines is 1. The number of nitrogens with zero attached hydrogens (tertiary/aromatic N) is 1. The summed E-state index contributed by atoms with van der Waals surface area (Å²) in [6, 6.07) is 11.1. The van der Waals surface area contributed by atoms with Gasteiger partial charge in [0.05, 0.1) is 36.4 Å². The van der Waals surface area contributed by atoms with Gasteiger partial charge >= 0.3 is 0 Å². The smallest absolute Gasteiger partial charge is 0.275 e. The minimum absolute atomic E-state index is 0.0189. The molecule has 0 aromatic heterocycles. The van der Waals surface area contributed by atoms with Gasteiger partial charge in [-0.1, -0.05) is 30.4 Å². The van der Waals surface area contributed by atoms with Gasteiger partial charge in [-0.2, -0.15) is 0 Å². The highest BCUT2D eigenvalue weighted by molar-refractivity contribution is 5.74. The fourth-order valence-electron chi connectivity index (χ4n) is 4.22. The number of ether oxygens (including phenoxy) is 2. The van der Waals surface area contributed by atoms with E-state index in [-0.39, 0.29) is 28.5 Å². The Labute approximate surface area is 151 Å². The largest absolute Gasteiger partial charge is 0.496 e. The Morgan fingerprint density at radius 2 is 1.88 bits per heavy atom. The van der Waals surface area contributed by atoms with Crippen LogP contribution in [0.4, 0.5) is 11.4 Å². The van der Waals surface area contributed by atoms with Gasteiger partial charge in [0.2, 0.25) is 0 Å². The van der Waals surface area contributed by atoms with E-state index < -0.39 is 0 Å². The van der Waals surface area contributed by atoms with E-state index in [2.05, 4.69) is 17.5 Å². The van der Waals surface area contributed by atoms with Gasteiger partial charge in [0.25, 0.3) is 5.69 Å². The number of allylic oxidation sites excluding steroid dienone is 2. The number of hydrogen-bond acceptors (Lipinski definition) is 5. The van der Waals surface area contributed by atoms with Crippen molar-refractivity contribution in [1.82, 2.24) is 0 Å². The lowest BCUT2D eigenvalue weighted by Crippen LogP contribution is -2.30. The second kappa shape index (κ2) is 6.37. The van der Waals surface area contributed by atoms with Crippen LogP contribution in [0.2, 0.25) is 0 Å². The molecule has 6 heteroatoms. The Balaban J connectivity index is 1.90. The lowest BCUT2D eigenvalue weighted by molar-refractivity contribution is -0.385. The fraction of sp³-hybridized carbons (Fsp3) is 0.300. The van der Waals surface area contributed by atoms with E-state index in [1.54, 1.807) is 20.3 Å². The van der Waals surface area contributed by atoms with Crippen molar-refractivity contribution in [1.29, 1.82) is 0 Å². The first-order valence-electron chi connectivity index (χ1n) is 8.57. The molecule has 2 aliphatic rings. The molecule has 0 saturated heterocycles. The molecule has 1 aliphatic carbocycles. The number of nitro groups is 1. The molecule has 0 saturated carbocycles. The minimum atomic E-state index is -0.313. The number of methoxy groups -OCH3 is 2. The topological polar surface area (TPSA) is 73.6 Å². The monoisotopic (exact) mass is 352 g/mol. The molecule has 0 radical (unpaired) electrons. The van der Waals surface area contributed by atoms with Crippen molar-refractivity contribution in [3.05, 3.63) is 69.8 Å². The summed E-state index contributed by atoms with van der Waals surface area (Å²) in [4.78, 5) is 11.3. The molecule has 6 nitrogen and oxygen atoms in total. The van der Waals surface area contributed by atoms with Crippen LogP contribution in [0.3, 0.4) is 0 Å². The molecule has 0 unspecified atom stereocenters. The highest BCUT2D eigenvalue weighted by atomic mass is 16.6. The molecule has 3 atom stereocenters. The Morgan fingerprint density at radius 3 is 2.62 bits per heavy atom. The number of benzene rings is 2. The molecule has 0 amide bonds. The zero-order valence-electron chi connectivity index (χ0n) is 14.6. The summed E-state index contributed by atoms with van der Waals surface area (Å²) in [6.45, 7) is 0. The molecule has 1 aliphatic heterocycles. The maximum absolute atomic E-state index is 11.6. The lowest BCUT2D eigenvalue weighted by atomic mass is 9.76. The summed E-state index contributed by atoms with van der Waals surface area (Å²) >= 11 is 0. The third-order valence-corrected chi connectivity index (χ3v) is 5.35. The molecule has 0 spiro atoms. The van der Waals surface area contributed by atoms with Crippen molar-refractivity contribution >= 4 is 11.4 Å². The number of rotatable bonds is 4. The van der Waals surface area contributed by atoms with Crippen LogP contribution in [0, 0.1) is 16.0 Å². The van der Waals surface area contributed by atoms with Crippen molar-refractivity contribution < 1.29 is 14.4 Å². The predicted octanol–water partition coefficient (Wildman–Crippen LogP) is 4.44. The minimum Gasteiger partial charge on any atom is -0.496 e. The van der Waals surface area contributed by atoms with Crippen molar-refractivity contribution in [3.63, 3.8) is 0 Å². The van der Waals surface area contributed by atoms with Crippen LogP contribution in [-0.2, 0) is 0 Å². The van der Waals surface area contributed by atoms with Gasteiger partial charge in [0.1, 0.15) is 11.5 Å². The molecule has 1 heterocycles. The van der Waals surface area contributed by atoms with Crippen molar-refractivity contribution in [2.24, 2.45) is 5.92 Å². The number of nitro benzene ring substituents is 1. The second-order valence-electron chi connectivity index (χ2n) is 6.55. The molecular formula is C20H20N2O4. The van der Waals surface area contributed by atoms with Crippen LogP contribution in [0.15, 0.2) is 48.6 Å². The number of para-hydroxylation sites is 1. The molecule has 4 rings (SSSR count). The normalized spacial score (nSPS) is 22.9. The molecule has 2 aromatic rings. The van der Waals surface area contributed by atoms with E-state index in [1.165, 1.54) is 6.07 Å². The van der Waals surface area contributed by atoms with Crippen LogP contribution in [0.1, 0.15) is 29.5 Å². The molecule has 26 heavy (non-hydrogen) atoms. The standard InChI is InChI=1S/C20H20N2O4/c1-25-16-9-4-3-6-14(16)19-13-8-5-7-12(13)18-15(22(23)24)10-11-17(26-2)20(18)21-19/h3-7,9-13,19,21H,8H2,1-2H3/t12-,13-,19-/m1/s1. The summed E-state index contributed by atoms with van der Waals surface area (Å²) in [5.41, 5.74) is 2.59. The van der Waals surface area contributed by atoms with E-state index in [4.69, 9.17) is 9.47 Å². The number of fused-ring (bicyclic) bond motifs is 3. The van der Waals surface area contributed by atoms with Crippen molar-refractivity contribution in [2.75, 3.05) is 19.5 Å². The first kappa shape index (κ1) is 16.4. The SMILES string of the molecule is COc1ccccc1[C@@H]1Nc2c(OC)ccc([N+](=O)[O-])c2[C@@H]2C=CC[C@H]21. The Kier molecular flexibility index (Phi) is 4.03. The van der Waals surface area contributed by atoms with Gasteiger partial charge in [-0.05, 0) is 24.5 Å². The summed E-state index contributed by atoms with van der Waals surface area (Å²) in [7, 11) is 3.24. The van der Waals surface area contributed by atoms with Crippen LogP contribution < -0.4 is 14.8 Å². The molecule has 0 fully saturated rings. The number of nitrogens with one attached hydrogen (secondary N) is 1. The van der Waals surface area contributed by atoms with E-state index in [0.717, 1.165) is 17.7 Å². The van der Waals surface area contributed by atoms with E-state index in [0.29, 0.717) is 17.0 Å². The Morgan fingerprint density at radius 1 is 1.12 bits per heavy atom. The summed E-state index contributed by atoms with van der Waals surface area (Å²) < 4.78 is 11.0. The van der Waals surface area contributed by atoms with Crippen LogP contribution in [0.25, 0.3) is 0 Å². The molecule has 2 aromatic carbocycles. The average Bonchev–Trinajstić information content (AvgIpc) is 3.16. The number of hydrogen-bond donors (Lipinski definition) is 1. The van der Waals surface area contributed by atoms with Gasteiger partial charge in [0.15, 0.2) is 0 Å². The molecule has 134 valence electrons. The maximum atomic E-state index is 11.6. The highest BCUT2D eigenvalue weighted by Crippen LogP contribution is 2.55. The zero-order chi connectivity index (χ0) is 18.3. The first-order chi connectivity index (χ1) is 12.7. The molecule has 0 bridgehead atoms. The maximum Gasteiger partial charge on any atom is 0.275 e. The average molecular weight is 352 g/mol. The van der Waals surface area contributed by atoms with E-state index in [1.807, 2.05) is 24.3 Å². The van der Waals surface area contributed by atoms with Gasteiger partial charge in [-0.25, -0.2) is 0 Å². The van der Waals surface area contributed by atoms with Gasteiger partial charge in [-0.15, -0.1) is 0 Å². The Bertz CT molecular complexity index is 893. The Hall–Kier alpha value is -3.02. The van der Waals surface area contributed by atoms with Crippen LogP contribution in [-0.4, -0.2) is 19.1 Å². The highest BCUT2D eigenvalue weighted by Gasteiger charge is 2.43. The zero-order valence-corrected chi connectivity index (χ0v) is 14.6. The molecular weight excluding hydrogens is 332 g/mol. The van der Waals surface area contributed by atoms with E-state index in [9.17, 15) is 10.1 Å². The summed E-state index contributed by atoms with van der Waals surface area (Å²) in [5.74, 6) is 1.58. The van der Waals surface area contributed by atoms with Gasteiger partial charge in [-0.3, -0.25) is 10.1 Å². The summed E-state index contributed by atoms with van der Waals surface area (Å²) in [6.07, 6.45) is 5.05. The van der Waals surface area contributed by atoms with Crippen molar-refractivity contribution in [3.8, 4) is 11.5 Å². The molecule has 1 N–H and O–H groups in total. The first-order valence-corrected chi connectivity index (χ1v) is 8.57. The second-order valence-corrected chi connectivity index (χ2v) is 6.55.